The monoisotopic (exact) mass is 431 g/mol. The normalized spacial score (nSPS) is 11.1. The lowest BCUT2D eigenvalue weighted by Gasteiger charge is -2.03. The number of anilines is 1. The molecule has 0 fully saturated rings. The lowest BCUT2D eigenvalue weighted by molar-refractivity contribution is -0.115. The maximum Gasteiger partial charge on any atom is 0.331 e. The van der Waals surface area contributed by atoms with Crippen molar-refractivity contribution in [1.29, 1.82) is 0 Å². The molecule has 3 heterocycles. The fourth-order valence-electron chi connectivity index (χ4n) is 2.87. The van der Waals surface area contributed by atoms with Crippen LogP contribution in [0.4, 0.5) is 5.88 Å². The standard InChI is InChI=1S/C18H14ClN5O4S/c1-23-16(26)15-12(22-29-17(15)24(2)18(23)27)7-13(25)20-14-8-11(21-28-14)9-3-5-10(19)6-4-9/h3-6,8H,7H2,1-2H3,(H,20,25). The topological polar surface area (TPSA) is 112 Å². The molecule has 4 aromatic rings. The molecule has 9 nitrogen and oxygen atoms in total. The third-order valence-electron chi connectivity index (χ3n) is 4.38. The number of hydrogen-bond acceptors (Lipinski definition) is 7. The van der Waals surface area contributed by atoms with E-state index < -0.39 is 17.2 Å². The highest BCUT2D eigenvalue weighted by Crippen LogP contribution is 2.24. The van der Waals surface area contributed by atoms with E-state index in [1.807, 2.05) is 0 Å². The molecule has 1 aromatic carbocycles. The van der Waals surface area contributed by atoms with Crippen LogP contribution < -0.4 is 16.6 Å². The zero-order chi connectivity index (χ0) is 20.7. The number of carbonyl (C=O) groups excluding carboxylic acids is 1. The molecule has 11 heteroatoms. The molecule has 0 atom stereocenters. The van der Waals surface area contributed by atoms with Gasteiger partial charge in [-0.1, -0.05) is 28.9 Å². The number of aryl methyl sites for hydroxylation is 1. The predicted molar refractivity (Wildman–Crippen MR) is 109 cm³/mol. The van der Waals surface area contributed by atoms with Gasteiger partial charge in [-0.05, 0) is 23.7 Å². The number of nitrogens with one attached hydrogen (secondary N) is 1. The smallest absolute Gasteiger partial charge is 0.331 e. The molecule has 0 unspecified atom stereocenters. The molecule has 148 valence electrons. The first-order chi connectivity index (χ1) is 13.8. The molecule has 4 rings (SSSR count). The molecule has 0 saturated carbocycles. The summed E-state index contributed by atoms with van der Waals surface area (Å²) in [4.78, 5) is 37.3. The molecule has 0 saturated heterocycles. The second kappa shape index (κ2) is 7.30. The van der Waals surface area contributed by atoms with E-state index in [0.29, 0.717) is 21.2 Å². The third kappa shape index (κ3) is 3.47. The first-order valence-electron chi connectivity index (χ1n) is 8.42. The van der Waals surface area contributed by atoms with Crippen molar-refractivity contribution in [2.24, 2.45) is 14.1 Å². The summed E-state index contributed by atoms with van der Waals surface area (Å²) in [5.41, 5.74) is 0.701. The van der Waals surface area contributed by atoms with Crippen molar-refractivity contribution < 1.29 is 9.32 Å². The Balaban J connectivity index is 1.56. The molecular formula is C18H14ClN5O4S. The Morgan fingerprint density at radius 3 is 2.66 bits per heavy atom. The highest BCUT2D eigenvalue weighted by atomic mass is 35.5. The third-order valence-corrected chi connectivity index (χ3v) is 5.60. The molecule has 1 N–H and O–H groups in total. The van der Waals surface area contributed by atoms with Crippen LogP contribution in [0.15, 0.2) is 44.4 Å². The Morgan fingerprint density at radius 1 is 1.21 bits per heavy atom. The van der Waals surface area contributed by atoms with E-state index in [-0.39, 0.29) is 17.7 Å². The number of halogens is 1. The number of benzene rings is 1. The van der Waals surface area contributed by atoms with Crippen LogP contribution in [0.3, 0.4) is 0 Å². The minimum Gasteiger partial charge on any atom is -0.338 e. The lowest BCUT2D eigenvalue weighted by Crippen LogP contribution is -2.36. The van der Waals surface area contributed by atoms with Crippen LogP contribution in [0.5, 0.6) is 0 Å². The minimum atomic E-state index is -0.482. The Labute approximate surface area is 172 Å². The van der Waals surface area contributed by atoms with Crippen LogP contribution in [-0.4, -0.2) is 24.6 Å². The molecule has 0 aliphatic rings. The van der Waals surface area contributed by atoms with Crippen molar-refractivity contribution in [3.8, 4) is 11.3 Å². The number of rotatable bonds is 4. The maximum atomic E-state index is 12.5. The Morgan fingerprint density at radius 2 is 1.93 bits per heavy atom. The van der Waals surface area contributed by atoms with Gasteiger partial charge in [0.25, 0.3) is 5.56 Å². The number of amides is 1. The Hall–Kier alpha value is -3.24. The van der Waals surface area contributed by atoms with E-state index in [1.165, 1.54) is 11.6 Å². The zero-order valence-corrected chi connectivity index (χ0v) is 16.9. The summed E-state index contributed by atoms with van der Waals surface area (Å²) >= 11 is 6.87. The highest BCUT2D eigenvalue weighted by Gasteiger charge is 2.19. The zero-order valence-electron chi connectivity index (χ0n) is 15.3. The van der Waals surface area contributed by atoms with Gasteiger partial charge in [-0.3, -0.25) is 24.0 Å². The molecule has 1 amide bonds. The van der Waals surface area contributed by atoms with Gasteiger partial charge < -0.3 is 4.52 Å². The second-order valence-electron chi connectivity index (χ2n) is 6.32. The number of aromatic nitrogens is 4. The number of nitrogens with zero attached hydrogens (tertiary/aromatic N) is 4. The van der Waals surface area contributed by atoms with Crippen molar-refractivity contribution in [3.63, 3.8) is 0 Å². The minimum absolute atomic E-state index is 0.148. The fourth-order valence-corrected chi connectivity index (χ4v) is 3.84. The molecule has 0 bridgehead atoms. The van der Waals surface area contributed by atoms with E-state index in [9.17, 15) is 14.4 Å². The Kier molecular flexibility index (Phi) is 4.81. The van der Waals surface area contributed by atoms with Gasteiger partial charge in [0.05, 0.1) is 17.5 Å². The van der Waals surface area contributed by atoms with Gasteiger partial charge in [0.2, 0.25) is 11.8 Å². The summed E-state index contributed by atoms with van der Waals surface area (Å²) in [6, 6.07) is 8.61. The van der Waals surface area contributed by atoms with Gasteiger partial charge in [0, 0.05) is 30.7 Å². The molecular weight excluding hydrogens is 418 g/mol. The average molecular weight is 432 g/mol. The summed E-state index contributed by atoms with van der Waals surface area (Å²) in [7, 11) is 2.94. The van der Waals surface area contributed by atoms with E-state index in [2.05, 4.69) is 14.8 Å². The maximum absolute atomic E-state index is 12.5. The average Bonchev–Trinajstić information content (AvgIpc) is 3.32. The van der Waals surface area contributed by atoms with E-state index >= 15 is 0 Å². The van der Waals surface area contributed by atoms with Crippen LogP contribution in [0, 0.1) is 0 Å². The van der Waals surface area contributed by atoms with E-state index in [1.54, 1.807) is 37.4 Å². The van der Waals surface area contributed by atoms with Crippen molar-refractivity contribution >= 4 is 45.1 Å². The molecule has 0 spiro atoms. The first kappa shape index (κ1) is 19.1. The van der Waals surface area contributed by atoms with Gasteiger partial charge in [0.15, 0.2) is 0 Å². The summed E-state index contributed by atoms with van der Waals surface area (Å²) in [6.07, 6.45) is -0.148. The summed E-state index contributed by atoms with van der Waals surface area (Å²) in [5, 5.41) is 7.39. The fraction of sp³-hybridized carbons (Fsp3) is 0.167. The van der Waals surface area contributed by atoms with Crippen molar-refractivity contribution in [2.75, 3.05) is 5.32 Å². The van der Waals surface area contributed by atoms with Crippen molar-refractivity contribution in [2.45, 2.75) is 6.42 Å². The Bertz CT molecular complexity index is 1350. The van der Waals surface area contributed by atoms with Crippen LogP contribution in [0.25, 0.3) is 21.5 Å². The highest BCUT2D eigenvalue weighted by molar-refractivity contribution is 7.13. The second-order valence-corrected chi connectivity index (χ2v) is 7.51. The van der Waals surface area contributed by atoms with Gasteiger partial charge >= 0.3 is 5.69 Å². The first-order valence-corrected chi connectivity index (χ1v) is 9.57. The van der Waals surface area contributed by atoms with E-state index in [4.69, 9.17) is 16.1 Å². The largest absolute Gasteiger partial charge is 0.338 e. The number of fused-ring (bicyclic) bond motifs is 1. The summed E-state index contributed by atoms with van der Waals surface area (Å²) < 4.78 is 11.7. The quantitative estimate of drug-likeness (QED) is 0.530. The molecule has 0 aliphatic carbocycles. The van der Waals surface area contributed by atoms with Gasteiger partial charge in [0.1, 0.15) is 10.5 Å². The summed E-state index contributed by atoms with van der Waals surface area (Å²) in [6.45, 7) is 0. The van der Waals surface area contributed by atoms with E-state index in [0.717, 1.165) is 21.7 Å². The number of hydrogen-bond donors (Lipinski definition) is 1. The molecule has 0 aliphatic heterocycles. The predicted octanol–water partition coefficient (Wildman–Crippen LogP) is 2.18. The van der Waals surface area contributed by atoms with Gasteiger partial charge in [-0.2, -0.15) is 4.37 Å². The van der Waals surface area contributed by atoms with Crippen LogP contribution in [0.2, 0.25) is 5.02 Å². The number of carbonyl (C=O) groups is 1. The van der Waals surface area contributed by atoms with Crippen molar-refractivity contribution in [1.82, 2.24) is 18.7 Å². The molecule has 3 aromatic heterocycles. The summed E-state index contributed by atoms with van der Waals surface area (Å²) in [5.74, 6) is -0.258. The van der Waals surface area contributed by atoms with Gasteiger partial charge in [-0.15, -0.1) is 0 Å². The molecule has 29 heavy (non-hydrogen) atoms. The van der Waals surface area contributed by atoms with Crippen molar-refractivity contribution in [3.05, 3.63) is 61.9 Å². The SMILES string of the molecule is Cn1c(=O)c2c(CC(=O)Nc3cc(-c4ccc(Cl)cc4)no3)nsc2n(C)c1=O. The van der Waals surface area contributed by atoms with Crippen LogP contribution in [0.1, 0.15) is 5.69 Å². The van der Waals surface area contributed by atoms with Crippen LogP contribution in [-0.2, 0) is 25.3 Å². The lowest BCUT2D eigenvalue weighted by atomic mass is 10.1. The molecule has 0 radical (unpaired) electrons. The van der Waals surface area contributed by atoms with Gasteiger partial charge in [-0.25, -0.2) is 4.79 Å². The van der Waals surface area contributed by atoms with Crippen LogP contribution >= 0.6 is 23.1 Å².